The van der Waals surface area contributed by atoms with Crippen molar-refractivity contribution in [2.75, 3.05) is 20.3 Å². The van der Waals surface area contributed by atoms with Crippen molar-refractivity contribution in [2.45, 2.75) is 43.5 Å². The highest BCUT2D eigenvalue weighted by atomic mass is 32.2. The van der Waals surface area contributed by atoms with Gasteiger partial charge in [-0.25, -0.2) is 8.42 Å². The van der Waals surface area contributed by atoms with Crippen molar-refractivity contribution in [1.82, 2.24) is 10.0 Å². The van der Waals surface area contributed by atoms with Crippen LogP contribution in [0.3, 0.4) is 0 Å². The number of nitrogens with one attached hydrogen (secondary N) is 2. The number of aliphatic hydroxyl groups excluding tert-OH is 1. The molecule has 0 aliphatic rings. The fourth-order valence-corrected chi connectivity index (χ4v) is 4.36. The molecule has 164 valence electrons. The number of carbonyl (C=O) groups excluding carboxylic acids is 1. The van der Waals surface area contributed by atoms with E-state index >= 15 is 0 Å². The fraction of sp³-hybridized carbons (Fsp3) is 0.409. The number of hydrogen-bond acceptors (Lipinski definition) is 5. The highest BCUT2D eigenvalue weighted by Crippen LogP contribution is 2.28. The highest BCUT2D eigenvalue weighted by Gasteiger charge is 2.28. The van der Waals surface area contributed by atoms with Crippen LogP contribution in [0, 0.1) is 0 Å². The maximum Gasteiger partial charge on any atom is 0.245 e. The highest BCUT2D eigenvalue weighted by molar-refractivity contribution is 7.89. The van der Waals surface area contributed by atoms with Crippen LogP contribution in [0.4, 0.5) is 0 Å². The second-order valence-corrected chi connectivity index (χ2v) is 8.98. The lowest BCUT2D eigenvalue weighted by Gasteiger charge is -2.20. The third-order valence-corrected chi connectivity index (χ3v) is 6.17. The SMILES string of the molecule is COc1ccc(C(C)C)cc1S(=O)(=O)NC(Cc1ccccc1)C(=O)NCCCO. The molecular weight excluding hydrogens is 404 g/mol. The molecule has 30 heavy (non-hydrogen) atoms. The maximum absolute atomic E-state index is 13.2. The van der Waals surface area contributed by atoms with Gasteiger partial charge in [-0.2, -0.15) is 4.72 Å². The molecule has 8 heteroatoms. The topological polar surface area (TPSA) is 105 Å². The molecule has 0 saturated heterocycles. The van der Waals surface area contributed by atoms with Gasteiger partial charge in [0, 0.05) is 13.2 Å². The van der Waals surface area contributed by atoms with E-state index in [9.17, 15) is 13.2 Å². The van der Waals surface area contributed by atoms with Gasteiger partial charge in [-0.1, -0.05) is 50.2 Å². The molecule has 0 saturated carbocycles. The van der Waals surface area contributed by atoms with Crippen LogP contribution in [-0.4, -0.2) is 45.7 Å². The number of aliphatic hydroxyl groups is 1. The number of amides is 1. The van der Waals surface area contributed by atoms with E-state index in [1.165, 1.54) is 7.11 Å². The molecule has 0 fully saturated rings. The lowest BCUT2D eigenvalue weighted by atomic mass is 10.0. The first-order valence-corrected chi connectivity index (χ1v) is 11.4. The van der Waals surface area contributed by atoms with Crippen LogP contribution in [0.1, 0.15) is 37.3 Å². The smallest absolute Gasteiger partial charge is 0.245 e. The van der Waals surface area contributed by atoms with Crippen molar-refractivity contribution in [3.63, 3.8) is 0 Å². The summed E-state index contributed by atoms with van der Waals surface area (Å²) in [6.45, 7) is 4.14. The van der Waals surface area contributed by atoms with Gasteiger partial charge in [0.2, 0.25) is 15.9 Å². The second kappa shape index (κ2) is 11.1. The Morgan fingerprint density at radius 3 is 2.43 bits per heavy atom. The van der Waals surface area contributed by atoms with Crippen LogP contribution in [-0.2, 0) is 21.2 Å². The molecular formula is C22H30N2O5S. The summed E-state index contributed by atoms with van der Waals surface area (Å²) in [5.74, 6) is -0.104. The molecule has 0 aliphatic heterocycles. The number of carbonyl (C=O) groups is 1. The van der Waals surface area contributed by atoms with Crippen molar-refractivity contribution < 1.29 is 23.1 Å². The Morgan fingerprint density at radius 2 is 1.83 bits per heavy atom. The van der Waals surface area contributed by atoms with Crippen molar-refractivity contribution in [1.29, 1.82) is 0 Å². The van der Waals surface area contributed by atoms with E-state index in [-0.39, 0.29) is 36.1 Å². The molecule has 0 radical (unpaired) electrons. The fourth-order valence-electron chi connectivity index (χ4n) is 2.96. The molecule has 7 nitrogen and oxygen atoms in total. The van der Waals surface area contributed by atoms with Crippen LogP contribution >= 0.6 is 0 Å². The van der Waals surface area contributed by atoms with Crippen LogP contribution in [0.2, 0.25) is 0 Å². The van der Waals surface area contributed by atoms with E-state index in [0.717, 1.165) is 11.1 Å². The monoisotopic (exact) mass is 434 g/mol. The lowest BCUT2D eigenvalue weighted by Crippen LogP contribution is -2.48. The maximum atomic E-state index is 13.2. The van der Waals surface area contributed by atoms with Gasteiger partial charge in [-0.15, -0.1) is 0 Å². The summed E-state index contributed by atoms with van der Waals surface area (Å²) in [5.41, 5.74) is 1.67. The van der Waals surface area contributed by atoms with Crippen molar-refractivity contribution in [2.24, 2.45) is 0 Å². The first kappa shape index (κ1) is 23.9. The second-order valence-electron chi connectivity index (χ2n) is 7.30. The first-order chi connectivity index (χ1) is 14.3. The van der Waals surface area contributed by atoms with Gasteiger partial charge in [-0.3, -0.25) is 4.79 Å². The third kappa shape index (κ3) is 6.55. The zero-order valence-corrected chi connectivity index (χ0v) is 18.4. The summed E-state index contributed by atoms with van der Waals surface area (Å²) in [6.07, 6.45) is 0.581. The number of benzene rings is 2. The van der Waals surface area contributed by atoms with E-state index in [1.807, 2.05) is 50.2 Å². The van der Waals surface area contributed by atoms with E-state index in [2.05, 4.69) is 10.0 Å². The van der Waals surface area contributed by atoms with E-state index in [4.69, 9.17) is 9.84 Å². The van der Waals surface area contributed by atoms with Gasteiger partial charge in [0.05, 0.1) is 7.11 Å². The Balaban J connectivity index is 2.34. The summed E-state index contributed by atoms with van der Waals surface area (Å²) < 4.78 is 34.2. The number of methoxy groups -OCH3 is 1. The number of rotatable bonds is 11. The Kier molecular flexibility index (Phi) is 8.83. The predicted octanol–water partition coefficient (Wildman–Crippen LogP) is 2.21. The Morgan fingerprint density at radius 1 is 1.13 bits per heavy atom. The zero-order valence-electron chi connectivity index (χ0n) is 17.6. The molecule has 2 rings (SSSR count). The molecule has 1 atom stereocenters. The molecule has 0 heterocycles. The van der Waals surface area contributed by atoms with Crippen molar-refractivity contribution in [3.8, 4) is 5.75 Å². The molecule has 1 unspecified atom stereocenters. The van der Waals surface area contributed by atoms with Gasteiger partial charge < -0.3 is 15.2 Å². The molecule has 3 N–H and O–H groups in total. The van der Waals surface area contributed by atoms with Gasteiger partial charge in [0.1, 0.15) is 16.7 Å². The molecule has 1 amide bonds. The first-order valence-electron chi connectivity index (χ1n) is 9.91. The van der Waals surface area contributed by atoms with E-state index < -0.39 is 22.0 Å². The van der Waals surface area contributed by atoms with Crippen LogP contribution < -0.4 is 14.8 Å². The minimum Gasteiger partial charge on any atom is -0.495 e. The quantitative estimate of drug-likeness (QED) is 0.470. The van der Waals surface area contributed by atoms with Crippen molar-refractivity contribution in [3.05, 3.63) is 59.7 Å². The van der Waals surface area contributed by atoms with Crippen LogP contribution in [0.15, 0.2) is 53.4 Å². The van der Waals surface area contributed by atoms with Gasteiger partial charge in [-0.05, 0) is 42.0 Å². The molecule has 2 aromatic rings. The number of sulfonamides is 1. The summed E-state index contributed by atoms with van der Waals surface area (Å²) in [6, 6.07) is 13.2. The molecule has 0 spiro atoms. The minimum absolute atomic E-state index is 0.00239. The van der Waals surface area contributed by atoms with Gasteiger partial charge in [0.15, 0.2) is 0 Å². The Hall–Kier alpha value is -2.42. The molecule has 0 bridgehead atoms. The van der Waals surface area contributed by atoms with Gasteiger partial charge >= 0.3 is 0 Å². The summed E-state index contributed by atoms with van der Waals surface area (Å²) >= 11 is 0. The standard InChI is InChI=1S/C22H30N2O5S/c1-16(2)18-10-11-20(29-3)21(15-18)30(27,28)24-19(22(26)23-12-7-13-25)14-17-8-5-4-6-9-17/h4-6,8-11,15-16,19,24-25H,7,12-14H2,1-3H3,(H,23,26). The summed E-state index contributed by atoms with van der Waals surface area (Å²) in [4.78, 5) is 12.7. The van der Waals surface area contributed by atoms with Crippen LogP contribution in [0.25, 0.3) is 0 Å². The zero-order chi connectivity index (χ0) is 22.1. The molecule has 0 aliphatic carbocycles. The number of ether oxygens (including phenoxy) is 1. The molecule has 0 aromatic heterocycles. The summed E-state index contributed by atoms with van der Waals surface area (Å²) in [7, 11) is -2.63. The Labute approximate surface area is 178 Å². The third-order valence-electron chi connectivity index (χ3n) is 4.67. The lowest BCUT2D eigenvalue weighted by molar-refractivity contribution is -0.122. The van der Waals surface area contributed by atoms with E-state index in [0.29, 0.717) is 6.42 Å². The number of hydrogen-bond donors (Lipinski definition) is 3. The average molecular weight is 435 g/mol. The Bertz CT molecular complexity index is 930. The summed E-state index contributed by atoms with van der Waals surface area (Å²) in [5, 5.41) is 11.6. The minimum atomic E-state index is -4.04. The largest absolute Gasteiger partial charge is 0.495 e. The average Bonchev–Trinajstić information content (AvgIpc) is 2.73. The van der Waals surface area contributed by atoms with E-state index in [1.54, 1.807) is 12.1 Å². The van der Waals surface area contributed by atoms with Crippen molar-refractivity contribution >= 4 is 15.9 Å². The normalized spacial score (nSPS) is 12.6. The van der Waals surface area contributed by atoms with Crippen LogP contribution in [0.5, 0.6) is 5.75 Å². The molecule has 2 aromatic carbocycles. The predicted molar refractivity (Wildman–Crippen MR) is 116 cm³/mol. The van der Waals surface area contributed by atoms with Gasteiger partial charge in [0.25, 0.3) is 0 Å².